The number of aliphatic hydroxyl groups excluding tert-OH is 1. The summed E-state index contributed by atoms with van der Waals surface area (Å²) in [6.45, 7) is 7.51. The second kappa shape index (κ2) is 32.0. The van der Waals surface area contributed by atoms with Crippen LogP contribution in [0.2, 0.25) is 5.02 Å². The van der Waals surface area contributed by atoms with Gasteiger partial charge in [-0.3, -0.25) is 9.80 Å². The lowest BCUT2D eigenvalue weighted by Gasteiger charge is -2.42. The molecule has 1 aliphatic heterocycles. The molecule has 0 amide bonds. The van der Waals surface area contributed by atoms with E-state index in [0.29, 0.717) is 135 Å². The summed E-state index contributed by atoms with van der Waals surface area (Å²) in [5, 5.41) is 55.7. The molecule has 1 aliphatic rings. The molecule has 0 saturated carbocycles. The van der Waals surface area contributed by atoms with Gasteiger partial charge in [-0.25, -0.2) is 33.2 Å². The number of benzene rings is 6. The van der Waals surface area contributed by atoms with Crippen molar-refractivity contribution in [1.29, 1.82) is 0 Å². The Bertz CT molecular complexity index is 5300. The number of hydrogen-bond donors (Lipinski definition) is 4. The van der Waals surface area contributed by atoms with E-state index >= 15 is 0 Å². The van der Waals surface area contributed by atoms with Crippen LogP contribution in [0, 0.1) is 11.0 Å². The summed E-state index contributed by atoms with van der Waals surface area (Å²) in [4.78, 5) is 79.7. The first-order valence-corrected chi connectivity index (χ1v) is 31.5. The average molecular weight is 1380 g/mol. The van der Waals surface area contributed by atoms with Crippen molar-refractivity contribution < 1.29 is 74.9 Å². The van der Waals surface area contributed by atoms with E-state index in [1.165, 1.54) is 74.9 Å². The van der Waals surface area contributed by atoms with Crippen molar-refractivity contribution in [1.82, 2.24) is 9.80 Å². The van der Waals surface area contributed by atoms with Gasteiger partial charge in [0, 0.05) is 133 Å². The quantitative estimate of drug-likeness (QED) is 0.0332. The Morgan fingerprint density at radius 3 is 1.48 bits per heavy atom. The summed E-state index contributed by atoms with van der Waals surface area (Å²) in [7, 11) is 5.61. The third-order valence-electron chi connectivity index (χ3n) is 16.7. The Morgan fingerprint density at radius 2 is 0.970 bits per heavy atom. The molecule has 0 spiro atoms. The number of hydrogen-bond acceptors (Lipinski definition) is 23. The highest BCUT2D eigenvalue weighted by molar-refractivity contribution is 6.31. The molecule has 7 heterocycles. The maximum Gasteiger partial charge on any atom is 0.344 e. The van der Waals surface area contributed by atoms with E-state index in [9.17, 15) is 53.7 Å². The van der Waals surface area contributed by atoms with Gasteiger partial charge in [0.1, 0.15) is 70.6 Å². The molecule has 0 bridgehead atoms. The molecule has 0 aliphatic carbocycles. The van der Waals surface area contributed by atoms with E-state index in [2.05, 4.69) is 9.80 Å². The fourth-order valence-corrected chi connectivity index (χ4v) is 11.8. The Morgan fingerprint density at radius 1 is 0.525 bits per heavy atom. The number of nitrogens with zero attached hydrogens (tertiary/aromatic N) is 3. The van der Waals surface area contributed by atoms with Crippen molar-refractivity contribution in [3.63, 3.8) is 0 Å². The number of ether oxygens (including phenoxy) is 4. The maximum absolute atomic E-state index is 13.7. The van der Waals surface area contributed by atoms with Crippen LogP contribution in [0.3, 0.4) is 0 Å². The summed E-state index contributed by atoms with van der Waals surface area (Å²) in [5.74, 6) is -0.660. The summed E-state index contributed by atoms with van der Waals surface area (Å²) < 4.78 is 66.2. The van der Waals surface area contributed by atoms with Crippen molar-refractivity contribution in [2.45, 2.75) is 26.6 Å². The van der Waals surface area contributed by atoms with Crippen molar-refractivity contribution in [2.24, 2.45) is 0 Å². The molecule has 1 fully saturated rings. The minimum Gasteiger partial charge on any atom is -0.632 e. The number of phenols is 3. The van der Waals surface area contributed by atoms with Gasteiger partial charge in [-0.05, 0) is 104 Å². The van der Waals surface area contributed by atoms with Crippen LogP contribution in [0.25, 0.3) is 99.2 Å². The van der Waals surface area contributed by atoms with E-state index in [1.807, 2.05) is 13.0 Å². The van der Waals surface area contributed by atoms with Gasteiger partial charge in [0.05, 0.1) is 66.4 Å². The fourth-order valence-electron chi connectivity index (χ4n) is 11.6. The molecule has 0 radical (unpaired) electrons. The summed E-state index contributed by atoms with van der Waals surface area (Å²) in [5.41, 5.74) is 0.197. The molecule has 24 nitrogen and oxygen atoms in total. The smallest absolute Gasteiger partial charge is 0.344 e. The van der Waals surface area contributed by atoms with Crippen molar-refractivity contribution in [3.05, 3.63) is 229 Å². The van der Waals surface area contributed by atoms with E-state index in [1.54, 1.807) is 73.8 Å². The van der Waals surface area contributed by atoms with Crippen LogP contribution in [0.5, 0.6) is 17.2 Å². The number of para-hydroxylation sites is 1. The zero-order valence-corrected chi connectivity index (χ0v) is 55.2. The molecule has 1 saturated heterocycles. The predicted molar refractivity (Wildman–Crippen MR) is 370 cm³/mol. The van der Waals surface area contributed by atoms with Gasteiger partial charge >= 0.3 is 33.8 Å². The number of likely N-dealkylation sites (N-methyl/N-ethyl adjacent to an activating group) is 1. The van der Waals surface area contributed by atoms with Crippen LogP contribution in [-0.4, -0.2) is 136 Å². The lowest BCUT2D eigenvalue weighted by molar-refractivity contribution is -0.894. The molecule has 13 rings (SSSR count). The van der Waals surface area contributed by atoms with E-state index in [-0.39, 0.29) is 94.7 Å². The second-order valence-corrected chi connectivity index (χ2v) is 23.3. The van der Waals surface area contributed by atoms with Gasteiger partial charge in [0.15, 0.2) is 5.58 Å². The zero-order valence-electron chi connectivity index (χ0n) is 54.4. The van der Waals surface area contributed by atoms with Crippen molar-refractivity contribution in [2.75, 3.05) is 101 Å². The van der Waals surface area contributed by atoms with Crippen molar-refractivity contribution in [3.8, 4) is 50.6 Å². The molecule has 6 aromatic carbocycles. The lowest BCUT2D eigenvalue weighted by atomic mass is 9.99. The summed E-state index contributed by atoms with van der Waals surface area (Å²) in [6, 6.07) is 33.5. The van der Waals surface area contributed by atoms with E-state index in [0.717, 1.165) is 7.11 Å². The van der Waals surface area contributed by atoms with Crippen molar-refractivity contribution >= 4 is 77.4 Å². The number of aliphatic hydroxyl groups is 1. The first-order chi connectivity index (χ1) is 47.7. The first-order valence-electron chi connectivity index (χ1n) is 31.1. The highest BCUT2D eigenvalue weighted by Crippen LogP contribution is 2.38. The number of fused-ring (bicyclic) bond motifs is 6. The van der Waals surface area contributed by atoms with E-state index in [4.69, 9.17) is 62.2 Å². The molecular formula is C73H69ClFN3O21. The molecule has 99 heavy (non-hydrogen) atoms. The van der Waals surface area contributed by atoms with Crippen LogP contribution in [0.4, 0.5) is 4.39 Å². The molecule has 6 aromatic heterocycles. The Labute approximate surface area is 566 Å². The van der Waals surface area contributed by atoms with Gasteiger partial charge < -0.3 is 75.7 Å². The van der Waals surface area contributed by atoms with E-state index < -0.39 is 44.2 Å². The Hall–Kier alpha value is -10.2. The van der Waals surface area contributed by atoms with Gasteiger partial charge in [-0.2, -0.15) is 0 Å². The highest BCUT2D eigenvalue weighted by Gasteiger charge is 2.27. The molecule has 0 atom stereocenters. The number of halogens is 2. The SMILES string of the molecule is CCN(CCOC)Cc1c(O)ccc2c(-c3cc4cc(Cl)ccc4oc3=O)cc(=O)oc12.CO.COCC[N+]([O-])(CCOC)Cc1c(O)ccc2c(-c3cc4ccccc4oc3=O)cc(=O)oc12.O=c1cc(-c2cc3cc(F)ccc3oc2=O)c2ccc(O)c(CN3CCOCC3)c2o1. The zero-order chi connectivity index (χ0) is 70.7. The fraction of sp³-hybridized carbons (Fsp3) is 0.260. The average Bonchev–Trinajstić information content (AvgIpc) is 0.770. The van der Waals surface area contributed by atoms with Gasteiger partial charge in [0.25, 0.3) is 0 Å². The number of methoxy groups -OCH3 is 3. The highest BCUT2D eigenvalue weighted by atomic mass is 35.5. The third-order valence-corrected chi connectivity index (χ3v) is 16.9. The van der Waals surface area contributed by atoms with Gasteiger partial charge in [-0.15, -0.1) is 0 Å². The van der Waals surface area contributed by atoms with Crippen LogP contribution in [0.15, 0.2) is 189 Å². The Balaban J connectivity index is 0.000000159. The van der Waals surface area contributed by atoms with Crippen LogP contribution in [-0.2, 0) is 38.6 Å². The van der Waals surface area contributed by atoms with Crippen LogP contribution >= 0.6 is 11.6 Å². The van der Waals surface area contributed by atoms with Gasteiger partial charge in [-0.1, -0.05) is 36.7 Å². The Kier molecular flexibility index (Phi) is 23.2. The molecule has 4 N–H and O–H groups in total. The predicted octanol–water partition coefficient (Wildman–Crippen LogP) is 10.6. The molecule has 26 heteroatoms. The standard InChI is InChI=1S/C25H25NO8.C24H22ClNO6.C23H18FNO6.CH4O/c1-31-11-9-26(30,10-12-32-2)15-20-21(27)8-7-17-18(14-23(28)34-24(17)20)19-13-16-5-3-4-6-22(16)33-25(19)29;1-3-26(8-9-30-2)13-19-20(27)6-5-16-17(12-22(28)32-23(16)19)18-11-14-10-15(25)4-7-21(14)31-24(18)29;24-14-1-4-20-13(9-14)10-17(23(28)30-20)16-11-21(27)31-22-15(16)2-3-19(26)18(22)12-25-5-7-29-8-6-25;1-2/h3-8,13-14,27H,9-12,15H2,1-2H3;4-7,10-12,27H,3,8-9,13H2,1-2H3;1-4,9-11,26H,5-8,12H2;2H,1H3. The minimum absolute atomic E-state index is 0.00555. The summed E-state index contributed by atoms with van der Waals surface area (Å²) >= 11 is 6.09. The minimum atomic E-state index is -0.763. The third kappa shape index (κ3) is 16.4. The number of rotatable bonds is 19. The first kappa shape index (κ1) is 71.6. The monoisotopic (exact) mass is 1380 g/mol. The topological polar surface area (TPSA) is 329 Å². The largest absolute Gasteiger partial charge is 0.632 e. The number of morpholine rings is 1. The molecule has 0 unspecified atom stereocenters. The number of phenolic OH excluding ortho intramolecular Hbond substituents is 3. The summed E-state index contributed by atoms with van der Waals surface area (Å²) in [6.07, 6.45) is 0. The number of quaternary nitrogens is 1. The number of aromatic hydroxyl groups is 3. The lowest BCUT2D eigenvalue weighted by Crippen LogP contribution is -2.46. The maximum atomic E-state index is 13.7. The number of hydroxylamine groups is 3. The second-order valence-electron chi connectivity index (χ2n) is 22.9. The molecule has 516 valence electrons. The molecule has 12 aromatic rings. The van der Waals surface area contributed by atoms with Crippen LogP contribution in [0.1, 0.15) is 23.6 Å². The normalized spacial score (nSPS) is 12.6. The molecular weight excluding hydrogens is 1310 g/mol. The van der Waals surface area contributed by atoms with Gasteiger partial charge in [0.2, 0.25) is 0 Å². The van der Waals surface area contributed by atoms with Crippen LogP contribution < -0.4 is 33.8 Å².